The highest BCUT2D eigenvalue weighted by Gasteiger charge is 2.30. The number of nitrogens with zero attached hydrogens (tertiary/aromatic N) is 4. The van der Waals surface area contributed by atoms with Crippen LogP contribution >= 0.6 is 11.6 Å². The molecule has 1 unspecified atom stereocenters. The molecular formula is C19H29ClN4O. The summed E-state index contributed by atoms with van der Waals surface area (Å²) in [7, 11) is 0. The number of halogens is 1. The number of piperazine rings is 2. The Kier molecular flexibility index (Phi) is 6.20. The summed E-state index contributed by atoms with van der Waals surface area (Å²) < 4.78 is 0. The molecule has 2 fully saturated rings. The largest absolute Gasteiger partial charge is 0.368 e. The third-order valence-electron chi connectivity index (χ3n) is 5.54. The lowest BCUT2D eigenvalue weighted by Gasteiger charge is -2.41. The highest BCUT2D eigenvalue weighted by molar-refractivity contribution is 6.33. The van der Waals surface area contributed by atoms with Crippen molar-refractivity contribution < 1.29 is 4.79 Å². The molecular weight excluding hydrogens is 336 g/mol. The van der Waals surface area contributed by atoms with E-state index < -0.39 is 0 Å². The van der Waals surface area contributed by atoms with Gasteiger partial charge in [-0.1, -0.05) is 30.7 Å². The first-order valence-electron chi connectivity index (χ1n) is 9.35. The fourth-order valence-electron chi connectivity index (χ4n) is 3.76. The third kappa shape index (κ3) is 4.27. The lowest BCUT2D eigenvalue weighted by molar-refractivity contribution is -0.138. The van der Waals surface area contributed by atoms with Crippen molar-refractivity contribution in [2.24, 2.45) is 0 Å². The van der Waals surface area contributed by atoms with Crippen LogP contribution in [-0.2, 0) is 4.79 Å². The second-order valence-corrected chi connectivity index (χ2v) is 7.32. The van der Waals surface area contributed by atoms with Crippen LogP contribution in [-0.4, -0.2) is 85.6 Å². The van der Waals surface area contributed by atoms with Crippen LogP contribution in [0.3, 0.4) is 0 Å². The number of amides is 1. The Morgan fingerprint density at radius 2 is 1.68 bits per heavy atom. The van der Waals surface area contributed by atoms with Crippen LogP contribution in [0.25, 0.3) is 0 Å². The summed E-state index contributed by atoms with van der Waals surface area (Å²) >= 11 is 6.31. The van der Waals surface area contributed by atoms with Crippen LogP contribution in [0.1, 0.15) is 13.8 Å². The molecule has 2 heterocycles. The molecule has 0 N–H and O–H groups in total. The van der Waals surface area contributed by atoms with Gasteiger partial charge in [0.25, 0.3) is 0 Å². The monoisotopic (exact) mass is 364 g/mol. The topological polar surface area (TPSA) is 30.0 Å². The predicted molar refractivity (Wildman–Crippen MR) is 103 cm³/mol. The van der Waals surface area contributed by atoms with Gasteiger partial charge in [0.15, 0.2) is 0 Å². The van der Waals surface area contributed by atoms with Crippen molar-refractivity contribution in [1.82, 2.24) is 14.7 Å². The van der Waals surface area contributed by atoms with Gasteiger partial charge in [0.05, 0.1) is 16.8 Å². The second kappa shape index (κ2) is 8.39. The van der Waals surface area contributed by atoms with E-state index in [2.05, 4.69) is 34.6 Å². The standard InChI is InChI=1S/C19H29ClN4O/c1-3-21-8-10-24(11-9-21)19(25)16(2)22-12-14-23(15-13-22)18-7-5-4-6-17(18)20/h4-7,16H,3,8-15H2,1-2H3. The van der Waals surface area contributed by atoms with Crippen molar-refractivity contribution in [3.63, 3.8) is 0 Å². The fourth-order valence-corrected chi connectivity index (χ4v) is 4.02. The maximum Gasteiger partial charge on any atom is 0.239 e. The zero-order valence-electron chi connectivity index (χ0n) is 15.3. The number of rotatable bonds is 4. The van der Waals surface area contributed by atoms with Gasteiger partial charge in [0.1, 0.15) is 0 Å². The van der Waals surface area contributed by atoms with Crippen LogP contribution in [0.2, 0.25) is 5.02 Å². The van der Waals surface area contributed by atoms with E-state index in [1.54, 1.807) is 0 Å². The number of hydrogen-bond acceptors (Lipinski definition) is 4. The van der Waals surface area contributed by atoms with Gasteiger partial charge in [-0.25, -0.2) is 0 Å². The maximum atomic E-state index is 12.8. The molecule has 0 bridgehead atoms. The smallest absolute Gasteiger partial charge is 0.239 e. The van der Waals surface area contributed by atoms with Crippen LogP contribution < -0.4 is 4.90 Å². The Morgan fingerprint density at radius 1 is 1.04 bits per heavy atom. The molecule has 0 radical (unpaired) electrons. The molecule has 3 rings (SSSR count). The van der Waals surface area contributed by atoms with E-state index in [0.29, 0.717) is 0 Å². The molecule has 0 spiro atoms. The SMILES string of the molecule is CCN1CCN(C(=O)C(C)N2CCN(c3ccccc3Cl)CC2)CC1. The van der Waals surface area contributed by atoms with E-state index in [1.165, 1.54) is 0 Å². The molecule has 1 aromatic carbocycles. The highest BCUT2D eigenvalue weighted by Crippen LogP contribution is 2.26. The van der Waals surface area contributed by atoms with E-state index in [-0.39, 0.29) is 11.9 Å². The molecule has 1 aromatic rings. The maximum absolute atomic E-state index is 12.8. The van der Waals surface area contributed by atoms with Gasteiger partial charge in [-0.2, -0.15) is 0 Å². The fraction of sp³-hybridized carbons (Fsp3) is 0.632. The number of hydrogen-bond donors (Lipinski definition) is 0. The number of benzene rings is 1. The zero-order valence-corrected chi connectivity index (χ0v) is 16.1. The van der Waals surface area contributed by atoms with Crippen molar-refractivity contribution in [3.05, 3.63) is 29.3 Å². The molecule has 1 amide bonds. The summed E-state index contributed by atoms with van der Waals surface area (Å²) in [6.07, 6.45) is 0. The highest BCUT2D eigenvalue weighted by atomic mass is 35.5. The molecule has 25 heavy (non-hydrogen) atoms. The molecule has 0 saturated carbocycles. The first-order chi connectivity index (χ1) is 12.1. The van der Waals surface area contributed by atoms with Gasteiger partial charge >= 0.3 is 0 Å². The zero-order chi connectivity index (χ0) is 17.8. The Labute approximate surface area is 156 Å². The molecule has 2 aliphatic heterocycles. The van der Waals surface area contributed by atoms with Gasteiger partial charge in [-0.05, 0) is 25.6 Å². The lowest BCUT2D eigenvalue weighted by atomic mass is 10.1. The van der Waals surface area contributed by atoms with Gasteiger partial charge < -0.3 is 14.7 Å². The first kappa shape index (κ1) is 18.5. The molecule has 0 aromatic heterocycles. The van der Waals surface area contributed by atoms with Gasteiger partial charge in [-0.15, -0.1) is 0 Å². The number of para-hydroxylation sites is 1. The number of carbonyl (C=O) groups excluding carboxylic acids is 1. The molecule has 2 aliphatic rings. The predicted octanol–water partition coefficient (Wildman–Crippen LogP) is 2.01. The minimum absolute atomic E-state index is 0.0402. The van der Waals surface area contributed by atoms with Gasteiger partial charge in [0.2, 0.25) is 5.91 Å². The molecule has 5 nitrogen and oxygen atoms in total. The minimum Gasteiger partial charge on any atom is -0.368 e. The van der Waals surface area contributed by atoms with Crippen LogP contribution in [0.4, 0.5) is 5.69 Å². The first-order valence-corrected chi connectivity index (χ1v) is 9.72. The summed E-state index contributed by atoms with van der Waals surface area (Å²) in [4.78, 5) is 21.9. The van der Waals surface area contributed by atoms with E-state index >= 15 is 0 Å². The molecule has 0 aliphatic carbocycles. The quantitative estimate of drug-likeness (QED) is 0.817. The van der Waals surface area contributed by atoms with Gasteiger partial charge in [0, 0.05) is 52.4 Å². The number of likely N-dealkylation sites (N-methyl/N-ethyl adjacent to an activating group) is 1. The van der Waals surface area contributed by atoms with E-state index in [0.717, 1.165) is 69.6 Å². The van der Waals surface area contributed by atoms with Crippen LogP contribution in [0, 0.1) is 0 Å². The third-order valence-corrected chi connectivity index (χ3v) is 5.86. The van der Waals surface area contributed by atoms with Crippen molar-refractivity contribution in [1.29, 1.82) is 0 Å². The van der Waals surface area contributed by atoms with E-state index in [4.69, 9.17) is 11.6 Å². The molecule has 1 atom stereocenters. The van der Waals surface area contributed by atoms with E-state index in [1.807, 2.05) is 23.1 Å². The average Bonchev–Trinajstić information content (AvgIpc) is 2.67. The lowest BCUT2D eigenvalue weighted by Crippen LogP contribution is -2.57. The summed E-state index contributed by atoms with van der Waals surface area (Å²) in [6.45, 7) is 12.6. The Hall–Kier alpha value is -1.30. The van der Waals surface area contributed by atoms with Crippen molar-refractivity contribution in [2.75, 3.05) is 63.8 Å². The Bertz CT molecular complexity index is 581. The number of carbonyl (C=O) groups is 1. The second-order valence-electron chi connectivity index (χ2n) is 6.91. The van der Waals surface area contributed by atoms with Crippen LogP contribution in [0.5, 0.6) is 0 Å². The Morgan fingerprint density at radius 3 is 2.28 bits per heavy atom. The normalized spacial score (nSPS) is 21.4. The molecule has 2 saturated heterocycles. The van der Waals surface area contributed by atoms with Crippen molar-refractivity contribution in [3.8, 4) is 0 Å². The summed E-state index contributed by atoms with van der Waals surface area (Å²) in [5.41, 5.74) is 1.10. The van der Waals surface area contributed by atoms with Gasteiger partial charge in [-0.3, -0.25) is 9.69 Å². The van der Waals surface area contributed by atoms with E-state index in [9.17, 15) is 4.79 Å². The molecule has 138 valence electrons. The number of anilines is 1. The van der Waals surface area contributed by atoms with Crippen molar-refractivity contribution >= 4 is 23.2 Å². The Balaban J connectivity index is 1.52. The van der Waals surface area contributed by atoms with Crippen LogP contribution in [0.15, 0.2) is 24.3 Å². The summed E-state index contributed by atoms with van der Waals surface area (Å²) in [5.74, 6) is 0.280. The average molecular weight is 365 g/mol. The summed E-state index contributed by atoms with van der Waals surface area (Å²) in [5, 5.41) is 0.800. The minimum atomic E-state index is -0.0402. The summed E-state index contributed by atoms with van der Waals surface area (Å²) in [6, 6.07) is 7.95. The van der Waals surface area contributed by atoms with Crippen molar-refractivity contribution in [2.45, 2.75) is 19.9 Å². The molecule has 6 heteroatoms.